The molecule has 0 saturated heterocycles. The summed E-state index contributed by atoms with van der Waals surface area (Å²) < 4.78 is 0. The summed E-state index contributed by atoms with van der Waals surface area (Å²) in [5.74, 6) is 0. The Labute approximate surface area is 123 Å². The van der Waals surface area contributed by atoms with E-state index in [1.165, 1.54) is 16.7 Å². The molecule has 1 aromatic carbocycles. The second kappa shape index (κ2) is 7.86. The summed E-state index contributed by atoms with van der Waals surface area (Å²) in [5, 5.41) is 10.3. The lowest BCUT2D eigenvalue weighted by Crippen LogP contribution is -1.98. The number of rotatable bonds is 5. The van der Waals surface area contributed by atoms with Crippen molar-refractivity contribution in [1.82, 2.24) is 0 Å². The minimum atomic E-state index is -0.524. The van der Waals surface area contributed by atoms with Crippen LogP contribution in [0.2, 0.25) is 0 Å². The van der Waals surface area contributed by atoms with E-state index in [9.17, 15) is 5.11 Å². The van der Waals surface area contributed by atoms with Gasteiger partial charge in [0.05, 0.1) is 0 Å². The van der Waals surface area contributed by atoms with Crippen LogP contribution >= 0.6 is 0 Å². The highest BCUT2D eigenvalue weighted by Gasteiger charge is 2.08. The number of benzene rings is 1. The van der Waals surface area contributed by atoms with Crippen molar-refractivity contribution in [1.29, 1.82) is 0 Å². The Kier molecular flexibility index (Phi) is 6.47. The van der Waals surface area contributed by atoms with E-state index >= 15 is 0 Å². The van der Waals surface area contributed by atoms with E-state index in [1.807, 2.05) is 50.3 Å². The van der Waals surface area contributed by atoms with Gasteiger partial charge in [0, 0.05) is 0 Å². The monoisotopic (exact) mass is 270 g/mol. The fourth-order valence-electron chi connectivity index (χ4n) is 1.86. The van der Waals surface area contributed by atoms with Crippen LogP contribution in [0.4, 0.5) is 0 Å². The molecule has 1 aromatic rings. The highest BCUT2D eigenvalue weighted by atomic mass is 16.3. The molecule has 108 valence electrons. The van der Waals surface area contributed by atoms with Gasteiger partial charge in [-0.2, -0.15) is 0 Å². The molecule has 0 spiro atoms. The summed E-state index contributed by atoms with van der Waals surface area (Å²) in [4.78, 5) is 0. The van der Waals surface area contributed by atoms with Crippen molar-refractivity contribution in [3.8, 4) is 0 Å². The predicted octanol–water partition coefficient (Wildman–Crippen LogP) is 5.28. The van der Waals surface area contributed by atoms with Gasteiger partial charge < -0.3 is 5.11 Å². The molecule has 0 aromatic heterocycles. The molecule has 1 unspecified atom stereocenters. The first kappa shape index (κ1) is 16.5. The molecular weight excluding hydrogens is 244 g/mol. The zero-order chi connectivity index (χ0) is 15.1. The Morgan fingerprint density at radius 3 is 2.50 bits per heavy atom. The fraction of sp³-hybridized carbons (Fsp3) is 0.368. The average molecular weight is 270 g/mol. The van der Waals surface area contributed by atoms with Gasteiger partial charge in [0.2, 0.25) is 0 Å². The lowest BCUT2D eigenvalue weighted by Gasteiger charge is -2.11. The summed E-state index contributed by atoms with van der Waals surface area (Å²) in [6.45, 7) is 10.4. The fourth-order valence-corrected chi connectivity index (χ4v) is 1.86. The van der Waals surface area contributed by atoms with Gasteiger partial charge in [0.25, 0.3) is 0 Å². The van der Waals surface area contributed by atoms with Crippen molar-refractivity contribution in [3.63, 3.8) is 0 Å². The van der Waals surface area contributed by atoms with Crippen molar-refractivity contribution in [2.45, 2.75) is 47.1 Å². The van der Waals surface area contributed by atoms with Gasteiger partial charge in [-0.05, 0) is 52.2 Å². The molecule has 0 bridgehead atoms. The van der Waals surface area contributed by atoms with E-state index in [0.29, 0.717) is 0 Å². The van der Waals surface area contributed by atoms with Crippen LogP contribution in [0.15, 0.2) is 59.2 Å². The SMILES string of the molecule is CC(C)=C(C)C/C=C\C=C(/C)C(O)c1cccc(C)c1. The molecule has 20 heavy (non-hydrogen) atoms. The standard InChI is InChI=1S/C19H26O/c1-14(2)16(4)10-6-7-11-17(5)19(20)18-12-8-9-15(3)13-18/h6-9,11-13,19-20H,10H2,1-5H3/b7-6-,17-11+. The summed E-state index contributed by atoms with van der Waals surface area (Å²) in [7, 11) is 0. The topological polar surface area (TPSA) is 20.2 Å². The molecule has 0 aliphatic rings. The predicted molar refractivity (Wildman–Crippen MR) is 87.7 cm³/mol. The first-order valence-electron chi connectivity index (χ1n) is 7.12. The average Bonchev–Trinajstić information content (AvgIpc) is 2.42. The van der Waals surface area contributed by atoms with Crippen molar-refractivity contribution in [2.75, 3.05) is 0 Å². The van der Waals surface area contributed by atoms with E-state index in [1.54, 1.807) is 0 Å². The Balaban J connectivity index is 2.69. The van der Waals surface area contributed by atoms with Gasteiger partial charge >= 0.3 is 0 Å². The lowest BCUT2D eigenvalue weighted by molar-refractivity contribution is 0.215. The molecule has 0 aliphatic heterocycles. The summed E-state index contributed by atoms with van der Waals surface area (Å²) in [6, 6.07) is 8.01. The molecule has 1 N–H and O–H groups in total. The van der Waals surface area contributed by atoms with Crippen LogP contribution < -0.4 is 0 Å². The lowest BCUT2D eigenvalue weighted by atomic mass is 10.0. The Hall–Kier alpha value is -1.60. The van der Waals surface area contributed by atoms with E-state index in [-0.39, 0.29) is 0 Å². The van der Waals surface area contributed by atoms with Crippen LogP contribution in [0.3, 0.4) is 0 Å². The van der Waals surface area contributed by atoms with Crippen molar-refractivity contribution < 1.29 is 5.11 Å². The van der Waals surface area contributed by atoms with E-state index in [4.69, 9.17) is 0 Å². The van der Waals surface area contributed by atoms with Crippen LogP contribution in [0.25, 0.3) is 0 Å². The van der Waals surface area contributed by atoms with E-state index in [0.717, 1.165) is 17.6 Å². The zero-order valence-electron chi connectivity index (χ0n) is 13.3. The first-order chi connectivity index (χ1) is 9.41. The van der Waals surface area contributed by atoms with Gasteiger partial charge in [0.15, 0.2) is 0 Å². The van der Waals surface area contributed by atoms with Crippen molar-refractivity contribution in [2.24, 2.45) is 0 Å². The maximum atomic E-state index is 10.3. The first-order valence-corrected chi connectivity index (χ1v) is 7.12. The van der Waals surface area contributed by atoms with Gasteiger partial charge in [-0.1, -0.05) is 59.2 Å². The molecule has 0 heterocycles. The van der Waals surface area contributed by atoms with Crippen LogP contribution in [0, 0.1) is 6.92 Å². The molecule has 0 saturated carbocycles. The maximum Gasteiger partial charge on any atom is 0.100 e. The Morgan fingerprint density at radius 2 is 1.90 bits per heavy atom. The minimum absolute atomic E-state index is 0.524. The molecule has 1 heteroatoms. The number of hydrogen-bond donors (Lipinski definition) is 1. The Morgan fingerprint density at radius 1 is 1.20 bits per heavy atom. The molecule has 1 nitrogen and oxygen atoms in total. The number of allylic oxidation sites excluding steroid dienone is 5. The normalized spacial score (nSPS) is 13.6. The van der Waals surface area contributed by atoms with Crippen LogP contribution in [-0.4, -0.2) is 5.11 Å². The summed E-state index contributed by atoms with van der Waals surface area (Å²) >= 11 is 0. The third-order valence-corrected chi connectivity index (χ3v) is 3.56. The minimum Gasteiger partial charge on any atom is -0.384 e. The van der Waals surface area contributed by atoms with Crippen molar-refractivity contribution >= 4 is 0 Å². The number of aliphatic hydroxyl groups excluding tert-OH is 1. The summed E-state index contributed by atoms with van der Waals surface area (Å²) in [5.41, 5.74) is 5.85. The molecule has 1 atom stereocenters. The number of aliphatic hydroxyl groups is 1. The van der Waals surface area contributed by atoms with Gasteiger partial charge in [-0.25, -0.2) is 0 Å². The van der Waals surface area contributed by atoms with Crippen LogP contribution in [0.5, 0.6) is 0 Å². The van der Waals surface area contributed by atoms with Crippen LogP contribution in [0.1, 0.15) is 51.3 Å². The molecule has 0 amide bonds. The Bertz CT molecular complexity index is 528. The quantitative estimate of drug-likeness (QED) is 0.570. The third-order valence-electron chi connectivity index (χ3n) is 3.56. The second-order valence-electron chi connectivity index (χ2n) is 5.64. The van der Waals surface area contributed by atoms with Gasteiger partial charge in [-0.3, -0.25) is 0 Å². The van der Waals surface area contributed by atoms with Gasteiger partial charge in [0.1, 0.15) is 6.10 Å². The molecule has 0 radical (unpaired) electrons. The molecular formula is C19H26O. The summed E-state index contributed by atoms with van der Waals surface area (Å²) in [6.07, 6.45) is 6.59. The molecule has 0 fully saturated rings. The number of aryl methyl sites for hydroxylation is 1. The zero-order valence-corrected chi connectivity index (χ0v) is 13.3. The molecule has 0 aliphatic carbocycles. The maximum absolute atomic E-state index is 10.3. The highest BCUT2D eigenvalue weighted by molar-refractivity contribution is 5.30. The van der Waals surface area contributed by atoms with Gasteiger partial charge in [-0.15, -0.1) is 0 Å². The van der Waals surface area contributed by atoms with E-state index < -0.39 is 6.10 Å². The smallest absolute Gasteiger partial charge is 0.100 e. The van der Waals surface area contributed by atoms with Crippen LogP contribution in [-0.2, 0) is 0 Å². The largest absolute Gasteiger partial charge is 0.384 e. The second-order valence-corrected chi connectivity index (χ2v) is 5.64. The van der Waals surface area contributed by atoms with Crippen molar-refractivity contribution in [3.05, 3.63) is 70.3 Å². The highest BCUT2D eigenvalue weighted by Crippen LogP contribution is 2.21. The third kappa shape index (κ3) is 5.18. The molecule has 1 rings (SSSR count). The van der Waals surface area contributed by atoms with E-state index in [2.05, 4.69) is 26.8 Å². The number of hydrogen-bond acceptors (Lipinski definition) is 1.